The number of aromatic nitrogens is 3. The average molecular weight is 397 g/mol. The van der Waals surface area contributed by atoms with Crippen molar-refractivity contribution in [2.45, 2.75) is 6.92 Å². The van der Waals surface area contributed by atoms with Gasteiger partial charge in [-0.2, -0.15) is 0 Å². The second kappa shape index (κ2) is 7.63. The smallest absolute Gasteiger partial charge is 0.253 e. The van der Waals surface area contributed by atoms with Crippen molar-refractivity contribution in [2.24, 2.45) is 0 Å². The molecule has 0 saturated carbocycles. The fourth-order valence-electron chi connectivity index (χ4n) is 3.97. The Balaban J connectivity index is 1.31. The van der Waals surface area contributed by atoms with Gasteiger partial charge in [0.2, 0.25) is 5.95 Å². The number of rotatable bonds is 3. The molecule has 0 spiro atoms. The van der Waals surface area contributed by atoms with E-state index in [4.69, 9.17) is 0 Å². The molecule has 4 aromatic rings. The lowest BCUT2D eigenvalue weighted by Gasteiger charge is -2.36. The zero-order valence-electron chi connectivity index (χ0n) is 16.9. The van der Waals surface area contributed by atoms with Gasteiger partial charge in [0.05, 0.1) is 5.52 Å². The molecule has 0 unspecified atom stereocenters. The topological polar surface area (TPSA) is 54.3 Å². The third-order valence-electron chi connectivity index (χ3n) is 5.67. The second-order valence-corrected chi connectivity index (χ2v) is 7.62. The van der Waals surface area contributed by atoms with Gasteiger partial charge in [0.15, 0.2) is 0 Å². The molecule has 30 heavy (non-hydrogen) atoms. The molecule has 5 rings (SSSR count). The van der Waals surface area contributed by atoms with Gasteiger partial charge in [0, 0.05) is 61.4 Å². The van der Waals surface area contributed by atoms with Gasteiger partial charge in [-0.05, 0) is 49.4 Å². The van der Waals surface area contributed by atoms with E-state index in [2.05, 4.69) is 46.1 Å². The Morgan fingerprint density at radius 2 is 1.63 bits per heavy atom. The number of fused-ring (bicyclic) bond motifs is 1. The summed E-state index contributed by atoms with van der Waals surface area (Å²) in [4.78, 5) is 26.0. The number of carbonyl (C=O) groups is 1. The number of piperazine rings is 1. The normalized spacial score (nSPS) is 14.3. The minimum Gasteiger partial charge on any atom is -0.368 e. The molecule has 2 aromatic heterocycles. The van der Waals surface area contributed by atoms with Crippen LogP contribution in [0.4, 0.5) is 5.69 Å². The highest BCUT2D eigenvalue weighted by atomic mass is 16.2. The van der Waals surface area contributed by atoms with Crippen LogP contribution in [0.25, 0.3) is 16.9 Å². The van der Waals surface area contributed by atoms with Crippen LogP contribution in [-0.2, 0) is 0 Å². The van der Waals surface area contributed by atoms with Gasteiger partial charge in [0.25, 0.3) is 5.91 Å². The Kier molecular flexibility index (Phi) is 4.67. The van der Waals surface area contributed by atoms with E-state index < -0.39 is 0 Å². The van der Waals surface area contributed by atoms with Gasteiger partial charge in [0.1, 0.15) is 0 Å². The zero-order valence-corrected chi connectivity index (χ0v) is 16.9. The third kappa shape index (κ3) is 3.41. The summed E-state index contributed by atoms with van der Waals surface area (Å²) in [5.41, 5.74) is 4.19. The Labute approximate surface area is 175 Å². The lowest BCUT2D eigenvalue weighted by molar-refractivity contribution is 0.0747. The van der Waals surface area contributed by atoms with Crippen LogP contribution in [0.2, 0.25) is 0 Å². The summed E-state index contributed by atoms with van der Waals surface area (Å²) in [5.74, 6) is 0.711. The molecule has 1 amide bonds. The molecule has 0 radical (unpaired) electrons. The molecule has 0 aliphatic carbocycles. The van der Waals surface area contributed by atoms with Crippen molar-refractivity contribution in [3.05, 3.63) is 84.3 Å². The molecule has 6 heteroatoms. The minimum atomic E-state index is 0.0872. The molecule has 1 aliphatic rings. The largest absolute Gasteiger partial charge is 0.368 e. The van der Waals surface area contributed by atoms with Crippen molar-refractivity contribution >= 4 is 22.5 Å². The first kappa shape index (κ1) is 18.4. The van der Waals surface area contributed by atoms with Crippen LogP contribution in [0.1, 0.15) is 15.9 Å². The number of aryl methyl sites for hydroxylation is 1. The summed E-state index contributed by atoms with van der Waals surface area (Å²) in [6.07, 6.45) is 5.39. The molecule has 2 aromatic carbocycles. The van der Waals surface area contributed by atoms with Crippen LogP contribution in [0.5, 0.6) is 0 Å². The van der Waals surface area contributed by atoms with Crippen molar-refractivity contribution < 1.29 is 4.79 Å². The maximum Gasteiger partial charge on any atom is 0.253 e. The predicted molar refractivity (Wildman–Crippen MR) is 118 cm³/mol. The molecule has 1 aliphatic heterocycles. The van der Waals surface area contributed by atoms with Crippen molar-refractivity contribution in [1.29, 1.82) is 0 Å². The molecule has 1 fully saturated rings. The first-order valence-corrected chi connectivity index (χ1v) is 10.2. The van der Waals surface area contributed by atoms with E-state index in [9.17, 15) is 4.79 Å². The van der Waals surface area contributed by atoms with Crippen molar-refractivity contribution in [3.63, 3.8) is 0 Å². The quantitative estimate of drug-likeness (QED) is 0.529. The van der Waals surface area contributed by atoms with Crippen LogP contribution in [0.15, 0.2) is 73.2 Å². The van der Waals surface area contributed by atoms with Crippen LogP contribution >= 0.6 is 0 Å². The molecule has 150 valence electrons. The number of hydrogen-bond acceptors (Lipinski definition) is 4. The van der Waals surface area contributed by atoms with Gasteiger partial charge in [-0.25, -0.2) is 9.97 Å². The summed E-state index contributed by atoms with van der Waals surface area (Å²) in [5, 5.41) is 1.01. The Hall–Kier alpha value is -3.67. The first-order valence-electron chi connectivity index (χ1n) is 10.2. The van der Waals surface area contributed by atoms with E-state index >= 15 is 0 Å². The molecule has 3 heterocycles. The van der Waals surface area contributed by atoms with Gasteiger partial charge in [-0.1, -0.05) is 17.7 Å². The number of nitrogens with zero attached hydrogens (tertiary/aromatic N) is 5. The lowest BCUT2D eigenvalue weighted by Crippen LogP contribution is -2.48. The SMILES string of the molecule is Cc1ccc(N2CCN(C(=O)c3ccc4c(ccn4-c4ncccn4)c3)CC2)cc1. The van der Waals surface area contributed by atoms with E-state index in [0.29, 0.717) is 5.95 Å². The first-order chi connectivity index (χ1) is 14.7. The van der Waals surface area contributed by atoms with E-state index in [1.165, 1.54) is 11.3 Å². The maximum absolute atomic E-state index is 13.1. The summed E-state index contributed by atoms with van der Waals surface area (Å²) in [7, 11) is 0. The summed E-state index contributed by atoms with van der Waals surface area (Å²) in [6, 6.07) is 18.2. The van der Waals surface area contributed by atoms with Crippen molar-refractivity contribution in [1.82, 2.24) is 19.4 Å². The highest BCUT2D eigenvalue weighted by molar-refractivity contribution is 5.98. The number of carbonyl (C=O) groups excluding carboxylic acids is 1. The summed E-state index contributed by atoms with van der Waals surface area (Å²) in [6.45, 7) is 5.24. The second-order valence-electron chi connectivity index (χ2n) is 7.62. The number of amides is 1. The lowest BCUT2D eigenvalue weighted by atomic mass is 10.1. The van der Waals surface area contributed by atoms with Gasteiger partial charge >= 0.3 is 0 Å². The van der Waals surface area contributed by atoms with E-state index in [-0.39, 0.29) is 5.91 Å². The fraction of sp³-hybridized carbons (Fsp3) is 0.208. The average Bonchev–Trinajstić information content (AvgIpc) is 3.23. The van der Waals surface area contributed by atoms with Gasteiger partial charge < -0.3 is 9.80 Å². The Bertz CT molecular complexity index is 1180. The van der Waals surface area contributed by atoms with Crippen molar-refractivity contribution in [2.75, 3.05) is 31.1 Å². The van der Waals surface area contributed by atoms with Crippen LogP contribution in [0.3, 0.4) is 0 Å². The standard InChI is InChI=1S/C24H23N5O/c1-18-3-6-21(7-4-18)27-13-15-28(16-14-27)23(30)20-5-8-22-19(17-20)9-12-29(22)24-25-10-2-11-26-24/h2-12,17H,13-16H2,1H3. The summed E-state index contributed by atoms with van der Waals surface area (Å²) >= 11 is 0. The zero-order chi connectivity index (χ0) is 20.5. The third-order valence-corrected chi connectivity index (χ3v) is 5.67. The molecular formula is C24H23N5O. The predicted octanol–water partition coefficient (Wildman–Crippen LogP) is 3.69. The number of anilines is 1. The Morgan fingerprint density at radius 1 is 0.900 bits per heavy atom. The molecule has 0 N–H and O–H groups in total. The highest BCUT2D eigenvalue weighted by Gasteiger charge is 2.22. The Morgan fingerprint density at radius 3 is 2.37 bits per heavy atom. The van der Waals surface area contributed by atoms with Crippen LogP contribution < -0.4 is 4.90 Å². The van der Waals surface area contributed by atoms with Crippen molar-refractivity contribution in [3.8, 4) is 5.95 Å². The number of benzene rings is 2. The molecule has 0 bridgehead atoms. The maximum atomic E-state index is 13.1. The molecule has 1 saturated heterocycles. The minimum absolute atomic E-state index is 0.0872. The van der Waals surface area contributed by atoms with E-state index in [0.717, 1.165) is 42.6 Å². The summed E-state index contributed by atoms with van der Waals surface area (Å²) < 4.78 is 1.93. The fourth-order valence-corrected chi connectivity index (χ4v) is 3.97. The molecule has 0 atom stereocenters. The van der Waals surface area contributed by atoms with E-state index in [1.54, 1.807) is 18.5 Å². The van der Waals surface area contributed by atoms with Crippen LogP contribution in [-0.4, -0.2) is 51.5 Å². The number of hydrogen-bond donors (Lipinski definition) is 0. The monoisotopic (exact) mass is 397 g/mol. The molecular weight excluding hydrogens is 374 g/mol. The van der Waals surface area contributed by atoms with Crippen LogP contribution in [0, 0.1) is 6.92 Å². The highest BCUT2D eigenvalue weighted by Crippen LogP contribution is 2.22. The van der Waals surface area contributed by atoms with Gasteiger partial charge in [-0.15, -0.1) is 0 Å². The van der Waals surface area contributed by atoms with E-state index in [1.807, 2.05) is 39.9 Å². The molecule has 6 nitrogen and oxygen atoms in total. The van der Waals surface area contributed by atoms with Gasteiger partial charge in [-0.3, -0.25) is 9.36 Å².